The summed E-state index contributed by atoms with van der Waals surface area (Å²) in [6.07, 6.45) is 4.39. The average molecular weight is 682 g/mol. The fourth-order valence-electron chi connectivity index (χ4n) is 7.73. The molecule has 0 spiro atoms. The van der Waals surface area contributed by atoms with Crippen LogP contribution in [0.5, 0.6) is 0 Å². The number of hydrogen-bond acceptors (Lipinski definition) is 1. The van der Waals surface area contributed by atoms with Crippen LogP contribution < -0.4 is 0 Å². The zero-order valence-corrected chi connectivity index (χ0v) is 30.8. The van der Waals surface area contributed by atoms with E-state index in [4.69, 9.17) is 4.99 Å². The first-order chi connectivity index (χ1) is 25.9. The molecule has 0 unspecified atom stereocenters. The third-order valence-electron chi connectivity index (χ3n) is 10.7. The van der Waals surface area contributed by atoms with Crippen LogP contribution in [-0.4, -0.2) is 5.71 Å². The van der Waals surface area contributed by atoms with Gasteiger partial charge in [0, 0.05) is 16.7 Å². The molecule has 8 rings (SSSR count). The predicted molar refractivity (Wildman–Crippen MR) is 227 cm³/mol. The molecular formula is C52H43N. The summed E-state index contributed by atoms with van der Waals surface area (Å²) in [4.78, 5) is 5.17. The number of allylic oxidation sites excluding steroid dienone is 3. The highest BCUT2D eigenvalue weighted by Gasteiger charge is 2.36. The van der Waals surface area contributed by atoms with Crippen molar-refractivity contribution in [3.8, 4) is 44.5 Å². The predicted octanol–water partition coefficient (Wildman–Crippen LogP) is 13.9. The van der Waals surface area contributed by atoms with Crippen LogP contribution in [0.2, 0.25) is 0 Å². The fourth-order valence-corrected chi connectivity index (χ4v) is 7.73. The van der Waals surface area contributed by atoms with Crippen molar-refractivity contribution in [1.82, 2.24) is 0 Å². The van der Waals surface area contributed by atoms with Crippen molar-refractivity contribution in [3.63, 3.8) is 0 Å². The van der Waals surface area contributed by atoms with E-state index in [2.05, 4.69) is 210 Å². The second-order valence-corrected chi connectivity index (χ2v) is 14.3. The molecule has 0 aromatic heterocycles. The van der Waals surface area contributed by atoms with Crippen molar-refractivity contribution in [3.05, 3.63) is 216 Å². The largest absolute Gasteiger partial charge is 0.252 e. The van der Waals surface area contributed by atoms with Crippen molar-refractivity contribution in [2.75, 3.05) is 0 Å². The van der Waals surface area contributed by atoms with Gasteiger partial charge in [0.25, 0.3) is 0 Å². The van der Waals surface area contributed by atoms with E-state index < -0.39 is 0 Å². The molecule has 0 amide bonds. The monoisotopic (exact) mass is 681 g/mol. The molecule has 0 saturated carbocycles. The van der Waals surface area contributed by atoms with E-state index in [0.29, 0.717) is 0 Å². The van der Waals surface area contributed by atoms with E-state index >= 15 is 0 Å². The summed E-state index contributed by atoms with van der Waals surface area (Å²) in [5.41, 5.74) is 19.1. The van der Waals surface area contributed by atoms with Gasteiger partial charge in [-0.25, -0.2) is 0 Å². The molecule has 0 heterocycles. The second kappa shape index (κ2) is 14.4. The molecule has 0 bridgehead atoms. The summed E-state index contributed by atoms with van der Waals surface area (Å²) >= 11 is 0. The minimum atomic E-state index is -0.0918. The highest BCUT2D eigenvalue weighted by atomic mass is 14.8. The molecule has 1 nitrogen and oxygen atoms in total. The molecule has 256 valence electrons. The van der Waals surface area contributed by atoms with Gasteiger partial charge in [0.1, 0.15) is 0 Å². The van der Waals surface area contributed by atoms with Crippen molar-refractivity contribution < 1.29 is 0 Å². The lowest BCUT2D eigenvalue weighted by atomic mass is 9.80. The first-order valence-corrected chi connectivity index (χ1v) is 18.5. The number of nitrogens with zero attached hydrogens (tertiary/aromatic N) is 1. The molecule has 7 aromatic carbocycles. The van der Waals surface area contributed by atoms with Crippen molar-refractivity contribution in [2.24, 2.45) is 4.99 Å². The molecule has 1 heteroatoms. The summed E-state index contributed by atoms with van der Waals surface area (Å²) in [5.74, 6) is 0. The number of hydrogen-bond donors (Lipinski definition) is 0. The molecule has 1 aliphatic carbocycles. The molecule has 0 atom stereocenters. The van der Waals surface area contributed by atoms with Gasteiger partial charge in [-0.15, -0.1) is 0 Å². The summed E-state index contributed by atoms with van der Waals surface area (Å²) < 4.78 is 0. The van der Waals surface area contributed by atoms with Gasteiger partial charge >= 0.3 is 0 Å². The lowest BCUT2D eigenvalue weighted by molar-refractivity contribution is 0.660. The maximum absolute atomic E-state index is 5.17. The van der Waals surface area contributed by atoms with Gasteiger partial charge in [-0.3, -0.25) is 4.99 Å². The SMILES string of the molecule is C\C=C(/C=C(\N=C(/C)c1ccccc1)c1ccccc1)c1ccc(-c2cc3c(cc2-c2ccc(-c4ccccc4)cc2)-c2ccccc2C3(C)C)cc1. The van der Waals surface area contributed by atoms with Gasteiger partial charge in [0.2, 0.25) is 0 Å². The number of rotatable bonds is 8. The Balaban J connectivity index is 1.21. The smallest absolute Gasteiger partial charge is 0.0711 e. The second-order valence-electron chi connectivity index (χ2n) is 14.3. The van der Waals surface area contributed by atoms with Crippen LogP contribution in [0.15, 0.2) is 193 Å². The molecular weight excluding hydrogens is 639 g/mol. The molecule has 0 saturated heterocycles. The Kier molecular flexibility index (Phi) is 9.17. The summed E-state index contributed by atoms with van der Waals surface area (Å²) in [6.45, 7) is 8.90. The van der Waals surface area contributed by atoms with Crippen LogP contribution in [0.3, 0.4) is 0 Å². The highest BCUT2D eigenvalue weighted by molar-refractivity contribution is 6.02. The standard InChI is InChI=1S/C52H43N/c1-5-37(33-51(44-21-13-8-14-22-44)53-36(2)38-17-9-6-10-18-38)40-25-29-43(30-26-40)47-35-50-48(45-23-15-16-24-49(45)52(50,3)4)34-46(47)42-31-27-41(28-32-42)39-19-11-7-12-20-39/h5-35H,1-4H3/b37-5+,51-33-,53-36+. The number of aliphatic imine (C=N–C) groups is 1. The van der Waals surface area contributed by atoms with Crippen molar-refractivity contribution >= 4 is 17.0 Å². The first-order valence-electron chi connectivity index (χ1n) is 18.5. The Hall–Kier alpha value is -6.31. The van der Waals surface area contributed by atoms with E-state index in [9.17, 15) is 0 Å². The maximum atomic E-state index is 5.17. The van der Waals surface area contributed by atoms with E-state index in [1.807, 2.05) is 6.07 Å². The Morgan fingerprint density at radius 1 is 0.453 bits per heavy atom. The Labute approximate surface area is 314 Å². The Morgan fingerprint density at radius 3 is 1.60 bits per heavy atom. The Bertz CT molecular complexity index is 2480. The van der Waals surface area contributed by atoms with Gasteiger partial charge in [-0.05, 0) is 104 Å². The zero-order chi connectivity index (χ0) is 36.4. The van der Waals surface area contributed by atoms with E-state index in [1.165, 1.54) is 55.6 Å². The van der Waals surface area contributed by atoms with Gasteiger partial charge in [-0.2, -0.15) is 0 Å². The highest BCUT2D eigenvalue weighted by Crippen LogP contribution is 2.52. The van der Waals surface area contributed by atoms with Crippen LogP contribution in [0.4, 0.5) is 0 Å². The van der Waals surface area contributed by atoms with Crippen LogP contribution in [-0.2, 0) is 5.41 Å². The molecule has 1 aliphatic rings. The van der Waals surface area contributed by atoms with E-state index in [0.717, 1.165) is 33.7 Å². The van der Waals surface area contributed by atoms with Crippen LogP contribution >= 0.6 is 0 Å². The lowest BCUT2D eigenvalue weighted by Crippen LogP contribution is -2.15. The summed E-state index contributed by atoms with van der Waals surface area (Å²) in [6, 6.07) is 63.4. The third-order valence-corrected chi connectivity index (χ3v) is 10.7. The maximum Gasteiger partial charge on any atom is 0.0711 e. The lowest BCUT2D eigenvalue weighted by Gasteiger charge is -2.23. The Morgan fingerprint density at radius 2 is 0.962 bits per heavy atom. The first kappa shape index (κ1) is 33.8. The number of fused-ring (bicyclic) bond motifs is 3. The average Bonchev–Trinajstić information content (AvgIpc) is 3.45. The van der Waals surface area contributed by atoms with Crippen molar-refractivity contribution in [2.45, 2.75) is 33.1 Å². The zero-order valence-electron chi connectivity index (χ0n) is 30.8. The van der Waals surface area contributed by atoms with Gasteiger partial charge < -0.3 is 0 Å². The molecule has 0 N–H and O–H groups in total. The normalized spacial score (nSPS) is 13.8. The summed E-state index contributed by atoms with van der Waals surface area (Å²) in [7, 11) is 0. The quantitative estimate of drug-likeness (QED) is 0.112. The minimum Gasteiger partial charge on any atom is -0.252 e. The van der Waals surface area contributed by atoms with Gasteiger partial charge in [0.05, 0.1) is 5.70 Å². The third kappa shape index (κ3) is 6.63. The fraction of sp³-hybridized carbons (Fsp3) is 0.0962. The molecule has 0 aliphatic heterocycles. The van der Waals surface area contributed by atoms with Crippen LogP contribution in [0.1, 0.15) is 55.5 Å². The van der Waals surface area contributed by atoms with Crippen LogP contribution in [0, 0.1) is 0 Å². The minimum absolute atomic E-state index is 0.0918. The molecule has 0 radical (unpaired) electrons. The van der Waals surface area contributed by atoms with Gasteiger partial charge in [-0.1, -0.05) is 184 Å². The topological polar surface area (TPSA) is 12.4 Å². The molecule has 0 fully saturated rings. The van der Waals surface area contributed by atoms with Crippen LogP contribution in [0.25, 0.3) is 55.8 Å². The van der Waals surface area contributed by atoms with E-state index in [-0.39, 0.29) is 5.41 Å². The summed E-state index contributed by atoms with van der Waals surface area (Å²) in [5, 5.41) is 0. The van der Waals surface area contributed by atoms with Crippen molar-refractivity contribution in [1.29, 1.82) is 0 Å². The van der Waals surface area contributed by atoms with E-state index in [1.54, 1.807) is 0 Å². The molecule has 53 heavy (non-hydrogen) atoms. The molecule has 7 aromatic rings. The van der Waals surface area contributed by atoms with Gasteiger partial charge in [0.15, 0.2) is 0 Å². The number of benzene rings is 7.